The van der Waals surface area contributed by atoms with Crippen molar-refractivity contribution in [3.63, 3.8) is 0 Å². The van der Waals surface area contributed by atoms with E-state index in [1.807, 2.05) is 11.8 Å². The molecule has 0 aliphatic carbocycles. The van der Waals surface area contributed by atoms with Gasteiger partial charge in [0.05, 0.1) is 7.11 Å². The molecule has 0 N–H and O–H groups in total. The summed E-state index contributed by atoms with van der Waals surface area (Å²) >= 11 is 2.02. The molecule has 2 aliphatic heterocycles. The van der Waals surface area contributed by atoms with E-state index in [9.17, 15) is 0 Å². The van der Waals surface area contributed by atoms with Crippen LogP contribution in [0.25, 0.3) is 0 Å². The average Bonchev–Trinajstić information content (AvgIpc) is 2.91. The summed E-state index contributed by atoms with van der Waals surface area (Å²) in [6, 6.07) is 17.6. The minimum absolute atomic E-state index is 0.606. The smallest absolute Gasteiger partial charge is 0.119 e. The molecule has 2 aliphatic rings. The second kappa shape index (κ2) is 10.7. The number of fused-ring (bicyclic) bond motifs is 1. The Morgan fingerprint density at radius 1 is 1.06 bits per heavy atom. The first-order valence-corrected chi connectivity index (χ1v) is 12.8. The second-order valence-electron chi connectivity index (χ2n) is 9.30. The molecule has 2 aromatic rings. The zero-order valence-corrected chi connectivity index (χ0v) is 20.2. The van der Waals surface area contributed by atoms with Gasteiger partial charge in [-0.05, 0) is 86.4 Å². The molecule has 2 atom stereocenters. The fourth-order valence-electron chi connectivity index (χ4n) is 4.97. The van der Waals surface area contributed by atoms with Crippen molar-refractivity contribution in [3.8, 4) is 5.75 Å². The van der Waals surface area contributed by atoms with Gasteiger partial charge in [0.15, 0.2) is 0 Å². The van der Waals surface area contributed by atoms with E-state index in [1.54, 1.807) is 12.7 Å². The number of hydrogen-bond acceptors (Lipinski definition) is 3. The van der Waals surface area contributed by atoms with Crippen LogP contribution in [0.4, 0.5) is 0 Å². The summed E-state index contributed by atoms with van der Waals surface area (Å²) in [6.07, 6.45) is 8.69. The maximum atomic E-state index is 5.48. The van der Waals surface area contributed by atoms with Crippen molar-refractivity contribution in [2.75, 3.05) is 26.7 Å². The van der Waals surface area contributed by atoms with E-state index >= 15 is 0 Å². The first-order chi connectivity index (χ1) is 15.1. The quantitative estimate of drug-likeness (QED) is 0.472. The van der Waals surface area contributed by atoms with Gasteiger partial charge in [-0.3, -0.25) is 0 Å². The number of allylic oxidation sites excluding steroid dienone is 1. The highest BCUT2D eigenvalue weighted by Gasteiger charge is 2.24. The number of ether oxygens (including phenoxy) is 1. The summed E-state index contributed by atoms with van der Waals surface area (Å²) in [5, 5.41) is 0.606. The molecule has 0 aromatic heterocycles. The minimum Gasteiger partial charge on any atom is -0.497 e. The molecule has 0 spiro atoms. The largest absolute Gasteiger partial charge is 0.497 e. The number of likely N-dealkylation sites (tertiary alicyclic amines) is 1. The van der Waals surface area contributed by atoms with Crippen molar-refractivity contribution in [1.29, 1.82) is 0 Å². The fraction of sp³-hybridized carbons (Fsp3) is 0.500. The standard InChI is InChI=1S/C28H37NOS/c1-21-22(2)31-28-12-11-27(30-3)20-26(28)19-25(21)10-7-15-29-16-13-24(14-17-29)18-23-8-5-4-6-9-23/h4-6,8-12,20-22,24H,7,13-19H2,1-3H3/b25-10+/t21-,22+/m1/s1. The lowest BCUT2D eigenvalue weighted by molar-refractivity contribution is 0.186. The number of piperidine rings is 1. The molecule has 4 rings (SSSR count). The number of nitrogens with zero attached hydrogens (tertiary/aromatic N) is 1. The van der Waals surface area contributed by atoms with Gasteiger partial charge in [-0.15, -0.1) is 11.8 Å². The molecule has 3 heteroatoms. The highest BCUT2D eigenvalue weighted by Crippen LogP contribution is 2.40. The van der Waals surface area contributed by atoms with Gasteiger partial charge in [0.1, 0.15) is 5.75 Å². The predicted octanol–water partition coefficient (Wildman–Crippen LogP) is 6.64. The van der Waals surface area contributed by atoms with Gasteiger partial charge in [0.25, 0.3) is 0 Å². The van der Waals surface area contributed by atoms with Crippen LogP contribution in [0.15, 0.2) is 65.1 Å². The number of thioether (sulfide) groups is 1. The molecule has 1 saturated heterocycles. The highest BCUT2D eigenvalue weighted by molar-refractivity contribution is 8.00. The molecule has 2 aromatic carbocycles. The molecule has 166 valence electrons. The summed E-state index contributed by atoms with van der Waals surface area (Å²) in [4.78, 5) is 4.10. The molecule has 0 bridgehead atoms. The maximum absolute atomic E-state index is 5.48. The van der Waals surface area contributed by atoms with Gasteiger partial charge in [0, 0.05) is 16.7 Å². The van der Waals surface area contributed by atoms with Crippen molar-refractivity contribution >= 4 is 11.8 Å². The summed E-state index contributed by atoms with van der Waals surface area (Å²) in [6.45, 7) is 8.48. The lowest BCUT2D eigenvalue weighted by Gasteiger charge is -2.32. The molecule has 2 nitrogen and oxygen atoms in total. The zero-order valence-electron chi connectivity index (χ0n) is 19.3. The summed E-state index contributed by atoms with van der Waals surface area (Å²) < 4.78 is 5.48. The van der Waals surface area contributed by atoms with E-state index in [0.717, 1.165) is 18.1 Å². The third kappa shape index (κ3) is 5.96. The lowest BCUT2D eigenvalue weighted by atomic mass is 9.90. The zero-order chi connectivity index (χ0) is 21.6. The van der Waals surface area contributed by atoms with Crippen molar-refractivity contribution < 1.29 is 4.74 Å². The van der Waals surface area contributed by atoms with Crippen LogP contribution in [0.2, 0.25) is 0 Å². The van der Waals surface area contributed by atoms with Crippen LogP contribution in [0, 0.1) is 11.8 Å². The number of methoxy groups -OCH3 is 1. The summed E-state index contributed by atoms with van der Waals surface area (Å²) in [5.74, 6) is 2.43. The fourth-order valence-corrected chi connectivity index (χ4v) is 6.18. The number of rotatable bonds is 6. The minimum atomic E-state index is 0.606. The third-order valence-electron chi connectivity index (χ3n) is 7.19. The molecule has 2 heterocycles. The monoisotopic (exact) mass is 435 g/mol. The predicted molar refractivity (Wildman–Crippen MR) is 133 cm³/mol. The van der Waals surface area contributed by atoms with Gasteiger partial charge in [-0.25, -0.2) is 0 Å². The van der Waals surface area contributed by atoms with Crippen molar-refractivity contribution in [3.05, 3.63) is 71.3 Å². The Balaban J connectivity index is 1.31. The van der Waals surface area contributed by atoms with Crippen LogP contribution >= 0.6 is 11.8 Å². The van der Waals surface area contributed by atoms with Gasteiger partial charge < -0.3 is 9.64 Å². The van der Waals surface area contributed by atoms with Crippen LogP contribution in [0.5, 0.6) is 5.75 Å². The van der Waals surface area contributed by atoms with Crippen molar-refractivity contribution in [2.45, 2.75) is 56.1 Å². The number of benzene rings is 2. The van der Waals surface area contributed by atoms with Crippen LogP contribution in [0.3, 0.4) is 0 Å². The Kier molecular flexibility index (Phi) is 7.79. The average molecular weight is 436 g/mol. The highest BCUT2D eigenvalue weighted by atomic mass is 32.2. The van der Waals surface area contributed by atoms with Crippen molar-refractivity contribution in [2.24, 2.45) is 11.8 Å². The van der Waals surface area contributed by atoms with E-state index in [0.29, 0.717) is 11.2 Å². The molecular formula is C28H37NOS. The van der Waals surface area contributed by atoms with E-state index in [1.165, 1.54) is 61.3 Å². The molecule has 0 amide bonds. The van der Waals surface area contributed by atoms with Gasteiger partial charge in [0.2, 0.25) is 0 Å². The van der Waals surface area contributed by atoms with E-state index in [-0.39, 0.29) is 0 Å². The molecule has 31 heavy (non-hydrogen) atoms. The topological polar surface area (TPSA) is 12.5 Å². The number of hydrogen-bond donors (Lipinski definition) is 0. The Labute approximate surface area is 193 Å². The molecule has 1 fully saturated rings. The first kappa shape index (κ1) is 22.5. The first-order valence-electron chi connectivity index (χ1n) is 11.9. The van der Waals surface area contributed by atoms with Crippen LogP contribution in [-0.2, 0) is 12.8 Å². The SMILES string of the molecule is COc1ccc2c(c1)C/C(=C\CCN1CCC(Cc3ccccc3)CC1)[C@H](C)[C@H](C)S2. The molecule has 0 radical (unpaired) electrons. The molecule has 0 unspecified atom stereocenters. The molecule has 0 saturated carbocycles. The third-order valence-corrected chi connectivity index (χ3v) is 8.62. The molecular weight excluding hydrogens is 398 g/mol. The Bertz CT molecular complexity index is 870. The summed E-state index contributed by atoms with van der Waals surface area (Å²) in [7, 11) is 1.76. The van der Waals surface area contributed by atoms with Gasteiger partial charge >= 0.3 is 0 Å². The summed E-state index contributed by atoms with van der Waals surface area (Å²) in [5.41, 5.74) is 4.52. The lowest BCUT2D eigenvalue weighted by Crippen LogP contribution is -2.34. The van der Waals surface area contributed by atoms with Gasteiger partial charge in [-0.2, -0.15) is 0 Å². The Morgan fingerprint density at radius 3 is 2.58 bits per heavy atom. The second-order valence-corrected chi connectivity index (χ2v) is 10.7. The van der Waals surface area contributed by atoms with Crippen molar-refractivity contribution in [1.82, 2.24) is 4.90 Å². The normalized spacial score (nSPS) is 24.0. The Hall–Kier alpha value is -1.71. The van der Waals surface area contributed by atoms with Crippen LogP contribution in [0.1, 0.15) is 44.2 Å². The maximum Gasteiger partial charge on any atom is 0.119 e. The van der Waals surface area contributed by atoms with E-state index < -0.39 is 0 Å². The van der Waals surface area contributed by atoms with E-state index in [4.69, 9.17) is 4.74 Å². The Morgan fingerprint density at radius 2 is 1.84 bits per heavy atom. The van der Waals surface area contributed by atoms with E-state index in [2.05, 4.69) is 73.4 Å². The van der Waals surface area contributed by atoms with Crippen LogP contribution in [-0.4, -0.2) is 36.9 Å². The van der Waals surface area contributed by atoms with Crippen LogP contribution < -0.4 is 4.74 Å². The van der Waals surface area contributed by atoms with Gasteiger partial charge in [-0.1, -0.05) is 55.8 Å².